The first kappa shape index (κ1) is 14.8. The minimum Gasteiger partial charge on any atom is -0.468 e. The molecule has 0 saturated heterocycles. The van der Waals surface area contributed by atoms with Crippen LogP contribution in [-0.4, -0.2) is 42.0 Å². The second kappa shape index (κ2) is 6.74. The Labute approximate surface area is 123 Å². The van der Waals surface area contributed by atoms with Gasteiger partial charge in [0.1, 0.15) is 12.2 Å². The van der Waals surface area contributed by atoms with Gasteiger partial charge in [0, 0.05) is 19.8 Å². The number of rotatable bonds is 5. The number of nitrogens with zero attached hydrogens (tertiary/aromatic N) is 2. The van der Waals surface area contributed by atoms with Crippen LogP contribution in [0.3, 0.4) is 0 Å². The maximum absolute atomic E-state index is 12.4. The normalized spacial score (nSPS) is 10.2. The van der Waals surface area contributed by atoms with Crippen LogP contribution in [0.15, 0.2) is 48.7 Å². The average molecular weight is 286 g/mol. The summed E-state index contributed by atoms with van der Waals surface area (Å²) in [5, 5.41) is 0. The zero-order valence-electron chi connectivity index (χ0n) is 12.2. The number of carbonyl (C=O) groups excluding carboxylic acids is 2. The van der Waals surface area contributed by atoms with Gasteiger partial charge in [-0.2, -0.15) is 0 Å². The van der Waals surface area contributed by atoms with E-state index in [1.807, 2.05) is 47.2 Å². The van der Waals surface area contributed by atoms with Crippen LogP contribution in [-0.2, 0) is 16.1 Å². The molecule has 5 heteroatoms. The van der Waals surface area contributed by atoms with Gasteiger partial charge in [-0.3, -0.25) is 9.59 Å². The maximum atomic E-state index is 12.4. The first-order valence-corrected chi connectivity index (χ1v) is 6.63. The van der Waals surface area contributed by atoms with Gasteiger partial charge in [-0.1, -0.05) is 30.3 Å². The lowest BCUT2D eigenvalue weighted by Gasteiger charge is -2.17. The van der Waals surface area contributed by atoms with Crippen molar-refractivity contribution in [1.82, 2.24) is 9.47 Å². The molecule has 110 valence electrons. The van der Waals surface area contributed by atoms with Crippen molar-refractivity contribution in [3.8, 4) is 0 Å². The minimum absolute atomic E-state index is 0.0636. The van der Waals surface area contributed by atoms with Gasteiger partial charge in [0.15, 0.2) is 0 Å². The number of carbonyl (C=O) groups is 2. The SMILES string of the molecule is COC(=O)CN(C)C(=O)c1cccn1Cc1ccccc1. The molecule has 0 saturated carbocycles. The third-order valence-corrected chi connectivity index (χ3v) is 3.19. The number of ether oxygens (including phenoxy) is 1. The van der Waals surface area contributed by atoms with Crippen LogP contribution in [0.2, 0.25) is 0 Å². The fourth-order valence-corrected chi connectivity index (χ4v) is 2.05. The van der Waals surface area contributed by atoms with Crippen molar-refractivity contribution < 1.29 is 14.3 Å². The lowest BCUT2D eigenvalue weighted by molar-refractivity contribution is -0.141. The van der Waals surface area contributed by atoms with Crippen LogP contribution in [0.25, 0.3) is 0 Å². The lowest BCUT2D eigenvalue weighted by atomic mass is 10.2. The largest absolute Gasteiger partial charge is 0.468 e. The fourth-order valence-electron chi connectivity index (χ4n) is 2.05. The van der Waals surface area contributed by atoms with Crippen molar-refractivity contribution in [3.05, 3.63) is 59.9 Å². The minimum atomic E-state index is -0.438. The van der Waals surface area contributed by atoms with Crippen molar-refractivity contribution in [3.63, 3.8) is 0 Å². The number of methoxy groups -OCH3 is 1. The number of esters is 1. The Kier molecular flexibility index (Phi) is 4.77. The number of likely N-dealkylation sites (N-methyl/N-ethyl adjacent to an activating group) is 1. The molecule has 0 unspecified atom stereocenters. The number of hydrogen-bond donors (Lipinski definition) is 0. The zero-order chi connectivity index (χ0) is 15.2. The van der Waals surface area contributed by atoms with Crippen molar-refractivity contribution in [2.75, 3.05) is 20.7 Å². The van der Waals surface area contributed by atoms with Crippen molar-refractivity contribution >= 4 is 11.9 Å². The Morgan fingerprint density at radius 1 is 1.14 bits per heavy atom. The summed E-state index contributed by atoms with van der Waals surface area (Å²) >= 11 is 0. The summed E-state index contributed by atoms with van der Waals surface area (Å²) in [5.74, 6) is -0.645. The fraction of sp³-hybridized carbons (Fsp3) is 0.250. The molecule has 1 heterocycles. The molecule has 0 radical (unpaired) electrons. The second-order valence-corrected chi connectivity index (χ2v) is 4.74. The van der Waals surface area contributed by atoms with E-state index in [1.165, 1.54) is 12.0 Å². The van der Waals surface area contributed by atoms with Crippen LogP contribution in [0, 0.1) is 0 Å². The maximum Gasteiger partial charge on any atom is 0.325 e. The van der Waals surface area contributed by atoms with Gasteiger partial charge in [0.05, 0.1) is 7.11 Å². The van der Waals surface area contributed by atoms with Gasteiger partial charge in [0.25, 0.3) is 5.91 Å². The molecule has 5 nitrogen and oxygen atoms in total. The van der Waals surface area contributed by atoms with Gasteiger partial charge >= 0.3 is 5.97 Å². The highest BCUT2D eigenvalue weighted by Crippen LogP contribution is 2.10. The highest BCUT2D eigenvalue weighted by Gasteiger charge is 2.18. The Morgan fingerprint density at radius 3 is 2.52 bits per heavy atom. The molecule has 0 aliphatic carbocycles. The van der Waals surface area contributed by atoms with Crippen molar-refractivity contribution in [1.29, 1.82) is 0 Å². The van der Waals surface area contributed by atoms with Crippen LogP contribution in [0.5, 0.6) is 0 Å². The predicted octanol–water partition coefficient (Wildman–Crippen LogP) is 1.78. The van der Waals surface area contributed by atoms with E-state index in [4.69, 9.17) is 0 Å². The molecule has 1 amide bonds. The molecular weight excluding hydrogens is 268 g/mol. The van der Waals surface area contributed by atoms with Crippen molar-refractivity contribution in [2.45, 2.75) is 6.54 Å². The molecule has 0 N–H and O–H groups in total. The van der Waals surface area contributed by atoms with E-state index in [1.54, 1.807) is 13.1 Å². The monoisotopic (exact) mass is 286 g/mol. The Balaban J connectivity index is 2.12. The molecule has 0 atom stereocenters. The number of aromatic nitrogens is 1. The Morgan fingerprint density at radius 2 is 1.86 bits per heavy atom. The summed E-state index contributed by atoms with van der Waals surface area (Å²) in [6, 6.07) is 13.5. The molecule has 0 aliphatic rings. The van der Waals surface area contributed by atoms with Gasteiger partial charge in [-0.05, 0) is 17.7 Å². The van der Waals surface area contributed by atoms with E-state index >= 15 is 0 Å². The third-order valence-electron chi connectivity index (χ3n) is 3.19. The van der Waals surface area contributed by atoms with E-state index in [0.29, 0.717) is 12.2 Å². The quantitative estimate of drug-likeness (QED) is 0.787. The topological polar surface area (TPSA) is 51.5 Å². The van der Waals surface area contributed by atoms with Crippen LogP contribution < -0.4 is 0 Å². The second-order valence-electron chi connectivity index (χ2n) is 4.74. The highest BCUT2D eigenvalue weighted by atomic mass is 16.5. The number of amides is 1. The van der Waals surface area contributed by atoms with E-state index in [0.717, 1.165) is 5.56 Å². The molecule has 2 aromatic rings. The van der Waals surface area contributed by atoms with Gasteiger partial charge in [-0.15, -0.1) is 0 Å². The lowest BCUT2D eigenvalue weighted by Crippen LogP contribution is -2.33. The van der Waals surface area contributed by atoms with Gasteiger partial charge in [-0.25, -0.2) is 0 Å². The predicted molar refractivity (Wildman–Crippen MR) is 79.0 cm³/mol. The van der Waals surface area contributed by atoms with E-state index in [-0.39, 0.29) is 12.5 Å². The molecule has 0 bridgehead atoms. The number of hydrogen-bond acceptors (Lipinski definition) is 3. The molecule has 2 rings (SSSR count). The molecular formula is C16H18N2O3. The van der Waals surface area contributed by atoms with Crippen LogP contribution in [0.4, 0.5) is 0 Å². The van der Waals surface area contributed by atoms with Gasteiger partial charge in [0.2, 0.25) is 0 Å². The van der Waals surface area contributed by atoms with Crippen LogP contribution >= 0.6 is 0 Å². The Bertz CT molecular complexity index is 619. The van der Waals surface area contributed by atoms with Gasteiger partial charge < -0.3 is 14.2 Å². The summed E-state index contributed by atoms with van der Waals surface area (Å²) < 4.78 is 6.44. The summed E-state index contributed by atoms with van der Waals surface area (Å²) in [4.78, 5) is 25.0. The highest BCUT2D eigenvalue weighted by molar-refractivity contribution is 5.94. The number of benzene rings is 1. The third kappa shape index (κ3) is 3.72. The van der Waals surface area contributed by atoms with E-state index in [9.17, 15) is 9.59 Å². The summed E-state index contributed by atoms with van der Waals surface area (Å²) in [5.41, 5.74) is 1.66. The zero-order valence-corrected chi connectivity index (χ0v) is 12.2. The summed E-state index contributed by atoms with van der Waals surface area (Å²) in [6.45, 7) is 0.548. The molecule has 0 spiro atoms. The first-order valence-electron chi connectivity index (χ1n) is 6.63. The Hall–Kier alpha value is -2.56. The smallest absolute Gasteiger partial charge is 0.325 e. The van der Waals surface area contributed by atoms with E-state index in [2.05, 4.69) is 4.74 Å². The van der Waals surface area contributed by atoms with Crippen molar-refractivity contribution in [2.24, 2.45) is 0 Å². The molecule has 21 heavy (non-hydrogen) atoms. The first-order chi connectivity index (χ1) is 10.1. The molecule has 0 fully saturated rings. The average Bonchev–Trinajstić information content (AvgIpc) is 2.95. The summed E-state index contributed by atoms with van der Waals surface area (Å²) in [7, 11) is 2.89. The molecule has 1 aromatic heterocycles. The standard InChI is InChI=1S/C16H18N2O3/c1-17(12-15(19)21-2)16(20)14-9-6-10-18(14)11-13-7-4-3-5-8-13/h3-10H,11-12H2,1-2H3. The molecule has 0 aliphatic heterocycles. The van der Waals surface area contributed by atoms with Crippen LogP contribution in [0.1, 0.15) is 16.1 Å². The van der Waals surface area contributed by atoms with E-state index < -0.39 is 5.97 Å². The summed E-state index contributed by atoms with van der Waals surface area (Å²) in [6.07, 6.45) is 1.85. The molecule has 1 aromatic carbocycles.